The number of carbonyl (C=O) groups is 2. The zero-order valence-electron chi connectivity index (χ0n) is 8.70. The summed E-state index contributed by atoms with van der Waals surface area (Å²) in [6.07, 6.45) is 0.0988. The summed E-state index contributed by atoms with van der Waals surface area (Å²) in [5, 5.41) is 9.28. The summed E-state index contributed by atoms with van der Waals surface area (Å²) in [7, 11) is 1.27. The predicted octanol–water partition coefficient (Wildman–Crippen LogP) is 2.18. The molecule has 0 amide bonds. The second kappa shape index (κ2) is 5.51. The highest BCUT2D eigenvalue weighted by Gasteiger charge is 2.10. The zero-order valence-corrected chi connectivity index (χ0v) is 9.45. The molecule has 1 aromatic carbocycles. The van der Waals surface area contributed by atoms with Crippen LogP contribution in [0.2, 0.25) is 5.02 Å². The molecule has 0 aliphatic heterocycles. The number of methoxy groups -OCH3 is 1. The molecule has 0 unspecified atom stereocenters. The van der Waals surface area contributed by atoms with Crippen LogP contribution in [0.25, 0.3) is 0 Å². The fraction of sp³-hybridized carbons (Fsp3) is 0.273. The summed E-state index contributed by atoms with van der Waals surface area (Å²) in [5.74, 6) is -0.725. The summed E-state index contributed by atoms with van der Waals surface area (Å²) in [4.78, 5) is 22.4. The lowest BCUT2D eigenvalue weighted by Crippen LogP contribution is -2.05. The van der Waals surface area contributed by atoms with Crippen molar-refractivity contribution < 1.29 is 19.4 Å². The van der Waals surface area contributed by atoms with E-state index in [1.54, 1.807) is 0 Å². The van der Waals surface area contributed by atoms with Crippen molar-refractivity contribution in [2.24, 2.45) is 0 Å². The number of Topliss-reactive ketones (excluding diaryl/α,β-unsaturated/α-hetero) is 1. The lowest BCUT2D eigenvalue weighted by Gasteiger charge is -2.02. The van der Waals surface area contributed by atoms with Gasteiger partial charge in [-0.1, -0.05) is 11.6 Å². The molecule has 16 heavy (non-hydrogen) atoms. The maximum Gasteiger partial charge on any atom is 0.305 e. The number of hydrogen-bond donors (Lipinski definition) is 1. The zero-order chi connectivity index (χ0) is 12.1. The Bertz CT molecular complexity index is 414. The van der Waals surface area contributed by atoms with Crippen LogP contribution in [0, 0.1) is 0 Å². The van der Waals surface area contributed by atoms with Crippen molar-refractivity contribution in [1.82, 2.24) is 0 Å². The summed E-state index contributed by atoms with van der Waals surface area (Å²) in [5.41, 5.74) is 0.367. The predicted molar refractivity (Wildman–Crippen MR) is 58.7 cm³/mol. The van der Waals surface area contributed by atoms with E-state index in [1.165, 1.54) is 25.3 Å². The maximum absolute atomic E-state index is 11.6. The molecule has 0 aromatic heterocycles. The fourth-order valence-electron chi connectivity index (χ4n) is 1.14. The summed E-state index contributed by atoms with van der Waals surface area (Å²) < 4.78 is 4.42. The van der Waals surface area contributed by atoms with E-state index < -0.39 is 5.97 Å². The van der Waals surface area contributed by atoms with Gasteiger partial charge in [0.25, 0.3) is 0 Å². The van der Waals surface area contributed by atoms with Crippen LogP contribution in [-0.2, 0) is 9.53 Å². The third-order valence-electron chi connectivity index (χ3n) is 2.05. The lowest BCUT2D eigenvalue weighted by atomic mass is 10.1. The largest absolute Gasteiger partial charge is 0.506 e. The molecular weight excluding hydrogens is 232 g/mol. The molecule has 1 aromatic rings. The fourth-order valence-corrected chi connectivity index (χ4v) is 1.32. The second-order valence-electron chi connectivity index (χ2n) is 3.17. The Kier molecular flexibility index (Phi) is 4.31. The molecule has 0 aliphatic carbocycles. The van der Waals surface area contributed by atoms with Gasteiger partial charge in [-0.2, -0.15) is 0 Å². The number of phenols is 1. The van der Waals surface area contributed by atoms with Crippen molar-refractivity contribution in [2.45, 2.75) is 12.8 Å². The number of halogens is 1. The van der Waals surface area contributed by atoms with Crippen LogP contribution in [-0.4, -0.2) is 24.0 Å². The average molecular weight is 243 g/mol. The van der Waals surface area contributed by atoms with Gasteiger partial charge < -0.3 is 9.84 Å². The molecule has 86 valence electrons. The maximum atomic E-state index is 11.6. The highest BCUT2D eigenvalue weighted by atomic mass is 35.5. The van der Waals surface area contributed by atoms with Gasteiger partial charge in [0, 0.05) is 12.0 Å². The number of esters is 1. The Hall–Kier alpha value is -1.55. The van der Waals surface area contributed by atoms with Crippen molar-refractivity contribution in [2.75, 3.05) is 7.11 Å². The number of ether oxygens (including phenoxy) is 1. The first-order valence-electron chi connectivity index (χ1n) is 4.63. The van der Waals surface area contributed by atoms with Gasteiger partial charge in [0.1, 0.15) is 5.75 Å². The van der Waals surface area contributed by atoms with Gasteiger partial charge in [0.15, 0.2) is 5.78 Å². The quantitative estimate of drug-likeness (QED) is 0.649. The Balaban J connectivity index is 2.66. The number of hydrogen-bond acceptors (Lipinski definition) is 4. The molecule has 5 heteroatoms. The Morgan fingerprint density at radius 2 is 2.06 bits per heavy atom. The third kappa shape index (κ3) is 3.24. The highest BCUT2D eigenvalue weighted by Crippen LogP contribution is 2.24. The second-order valence-corrected chi connectivity index (χ2v) is 3.57. The number of phenolic OH excluding ortho intramolecular Hbond substituents is 1. The van der Waals surface area contributed by atoms with Gasteiger partial charge in [0.2, 0.25) is 0 Å². The van der Waals surface area contributed by atoms with Crippen molar-refractivity contribution in [1.29, 1.82) is 0 Å². The van der Waals surface area contributed by atoms with Gasteiger partial charge >= 0.3 is 5.97 Å². The van der Waals surface area contributed by atoms with Crippen LogP contribution < -0.4 is 0 Å². The smallest absolute Gasteiger partial charge is 0.305 e. The molecule has 4 nitrogen and oxygen atoms in total. The minimum Gasteiger partial charge on any atom is -0.506 e. The number of rotatable bonds is 4. The van der Waals surface area contributed by atoms with Gasteiger partial charge in [-0.3, -0.25) is 9.59 Å². The van der Waals surface area contributed by atoms with Crippen LogP contribution in [0.1, 0.15) is 23.2 Å². The van der Waals surface area contributed by atoms with Crippen LogP contribution in [0.4, 0.5) is 0 Å². The molecular formula is C11H11ClO4. The minimum absolute atomic E-state index is 0.0355. The Morgan fingerprint density at radius 3 is 2.62 bits per heavy atom. The van der Waals surface area contributed by atoms with Crippen LogP contribution >= 0.6 is 11.6 Å². The summed E-state index contributed by atoms with van der Waals surface area (Å²) >= 11 is 5.65. The molecule has 1 N–H and O–H groups in total. The van der Waals surface area contributed by atoms with Gasteiger partial charge in [-0.05, 0) is 18.2 Å². The van der Waals surface area contributed by atoms with E-state index in [-0.39, 0.29) is 29.4 Å². The van der Waals surface area contributed by atoms with Crippen LogP contribution in [0.3, 0.4) is 0 Å². The number of ketones is 1. The number of benzene rings is 1. The van der Waals surface area contributed by atoms with Crippen LogP contribution in [0.5, 0.6) is 5.75 Å². The topological polar surface area (TPSA) is 63.6 Å². The van der Waals surface area contributed by atoms with Crippen LogP contribution in [0.15, 0.2) is 18.2 Å². The van der Waals surface area contributed by atoms with Gasteiger partial charge in [-0.25, -0.2) is 0 Å². The van der Waals surface area contributed by atoms with E-state index in [4.69, 9.17) is 16.7 Å². The normalized spacial score (nSPS) is 9.88. The van der Waals surface area contributed by atoms with E-state index in [1.807, 2.05) is 0 Å². The molecule has 0 aliphatic rings. The number of aromatic hydroxyl groups is 1. The summed E-state index contributed by atoms with van der Waals surface area (Å²) in [6, 6.07) is 4.17. The Labute approximate surface area is 97.8 Å². The van der Waals surface area contributed by atoms with E-state index in [2.05, 4.69) is 4.74 Å². The van der Waals surface area contributed by atoms with Crippen molar-refractivity contribution in [3.8, 4) is 5.75 Å². The molecule has 0 saturated carbocycles. The molecule has 1 rings (SSSR count). The first kappa shape index (κ1) is 12.5. The molecule has 0 heterocycles. The van der Waals surface area contributed by atoms with Crippen molar-refractivity contribution >= 4 is 23.4 Å². The molecule has 0 saturated heterocycles. The molecule has 0 fully saturated rings. The average Bonchev–Trinajstić information content (AvgIpc) is 2.29. The van der Waals surface area contributed by atoms with E-state index >= 15 is 0 Å². The van der Waals surface area contributed by atoms with E-state index in [0.29, 0.717) is 5.56 Å². The number of carbonyl (C=O) groups excluding carboxylic acids is 2. The van der Waals surface area contributed by atoms with Crippen molar-refractivity contribution in [3.63, 3.8) is 0 Å². The van der Waals surface area contributed by atoms with Gasteiger partial charge in [0.05, 0.1) is 18.6 Å². The molecule has 0 radical (unpaired) electrons. The Morgan fingerprint density at radius 1 is 1.38 bits per heavy atom. The van der Waals surface area contributed by atoms with E-state index in [9.17, 15) is 9.59 Å². The standard InChI is InChI=1S/C11H11ClO4/c1-16-11(15)5-4-9(13)7-2-3-10(14)8(12)6-7/h2-3,6,14H,4-5H2,1H3. The first-order valence-corrected chi connectivity index (χ1v) is 5.01. The molecule has 0 atom stereocenters. The third-order valence-corrected chi connectivity index (χ3v) is 2.36. The molecule has 0 bridgehead atoms. The molecule has 0 spiro atoms. The van der Waals surface area contributed by atoms with Crippen molar-refractivity contribution in [3.05, 3.63) is 28.8 Å². The summed E-state index contributed by atoms with van der Waals surface area (Å²) in [6.45, 7) is 0. The monoisotopic (exact) mass is 242 g/mol. The SMILES string of the molecule is COC(=O)CCC(=O)c1ccc(O)c(Cl)c1. The lowest BCUT2D eigenvalue weighted by molar-refractivity contribution is -0.140. The minimum atomic E-state index is -0.432. The van der Waals surface area contributed by atoms with E-state index in [0.717, 1.165) is 0 Å². The first-order chi connectivity index (χ1) is 7.54. The highest BCUT2D eigenvalue weighted by molar-refractivity contribution is 6.32. The van der Waals surface area contributed by atoms with Gasteiger partial charge in [-0.15, -0.1) is 0 Å².